The lowest BCUT2D eigenvalue weighted by atomic mass is 10.2. The van der Waals surface area contributed by atoms with Crippen LogP contribution in [0, 0.1) is 0 Å². The molecule has 4 heteroatoms. The number of benzene rings is 1. The van der Waals surface area contributed by atoms with Crippen molar-refractivity contribution < 1.29 is 4.79 Å². The highest BCUT2D eigenvalue weighted by Crippen LogP contribution is 1.98. The molecular formula is C15H25N3O. The molecule has 1 aromatic rings. The Morgan fingerprint density at radius 3 is 2.58 bits per heavy atom. The Kier molecular flexibility index (Phi) is 6.97. The summed E-state index contributed by atoms with van der Waals surface area (Å²) >= 11 is 0. The van der Waals surface area contributed by atoms with E-state index in [-0.39, 0.29) is 6.03 Å². The molecule has 106 valence electrons. The fourth-order valence-corrected chi connectivity index (χ4v) is 1.72. The summed E-state index contributed by atoms with van der Waals surface area (Å²) in [6, 6.07) is 10.3. The quantitative estimate of drug-likeness (QED) is 0.792. The second kappa shape index (κ2) is 8.53. The first-order chi connectivity index (χ1) is 9.13. The number of urea groups is 1. The van der Waals surface area contributed by atoms with Gasteiger partial charge >= 0.3 is 6.03 Å². The summed E-state index contributed by atoms with van der Waals surface area (Å²) in [6.45, 7) is 6.46. The Labute approximate surface area is 116 Å². The molecule has 0 fully saturated rings. The zero-order valence-electron chi connectivity index (χ0n) is 12.1. The molecule has 0 saturated heterocycles. The molecule has 0 radical (unpaired) electrons. The minimum Gasteiger partial charge on any atom is -0.337 e. The van der Waals surface area contributed by atoms with Crippen LogP contribution in [0.4, 0.5) is 4.79 Å². The Hall–Kier alpha value is -1.55. The van der Waals surface area contributed by atoms with Gasteiger partial charge in [-0.3, -0.25) is 0 Å². The maximum absolute atomic E-state index is 11.6. The lowest BCUT2D eigenvalue weighted by Crippen LogP contribution is -2.41. The number of nitrogens with zero attached hydrogens (tertiary/aromatic N) is 1. The van der Waals surface area contributed by atoms with E-state index >= 15 is 0 Å². The molecule has 4 nitrogen and oxygen atoms in total. The molecule has 0 spiro atoms. The normalized spacial score (nSPS) is 12.2. The average Bonchev–Trinajstić information content (AvgIpc) is 2.45. The summed E-state index contributed by atoms with van der Waals surface area (Å²) in [5.74, 6) is 0. The lowest BCUT2D eigenvalue weighted by Gasteiger charge is -2.23. The first-order valence-corrected chi connectivity index (χ1v) is 6.89. The Balaban J connectivity index is 2.15. The van der Waals surface area contributed by atoms with Gasteiger partial charge in [-0.05, 0) is 26.0 Å². The van der Waals surface area contributed by atoms with Gasteiger partial charge in [0.1, 0.15) is 0 Å². The standard InChI is InChI=1S/C15H25N3O/c1-4-13(2)18(3)11-10-16-15(19)17-12-14-8-6-5-7-9-14/h5-9,13H,4,10-12H2,1-3H3,(H2,16,17,19). The average molecular weight is 263 g/mol. The number of likely N-dealkylation sites (N-methyl/N-ethyl adjacent to an activating group) is 1. The molecule has 1 aromatic carbocycles. The van der Waals surface area contributed by atoms with Crippen molar-refractivity contribution in [3.63, 3.8) is 0 Å². The topological polar surface area (TPSA) is 44.4 Å². The zero-order chi connectivity index (χ0) is 14.1. The van der Waals surface area contributed by atoms with E-state index in [4.69, 9.17) is 0 Å². The molecule has 19 heavy (non-hydrogen) atoms. The molecule has 0 aliphatic heterocycles. The summed E-state index contributed by atoms with van der Waals surface area (Å²) in [5, 5.41) is 5.72. The number of hydrogen-bond donors (Lipinski definition) is 2. The van der Waals surface area contributed by atoms with Gasteiger partial charge in [-0.25, -0.2) is 4.79 Å². The molecule has 2 N–H and O–H groups in total. The highest BCUT2D eigenvalue weighted by Gasteiger charge is 2.06. The van der Waals surface area contributed by atoms with E-state index in [2.05, 4.69) is 36.4 Å². The van der Waals surface area contributed by atoms with Crippen molar-refractivity contribution in [1.82, 2.24) is 15.5 Å². The summed E-state index contributed by atoms with van der Waals surface area (Å²) in [5.41, 5.74) is 1.11. The zero-order valence-corrected chi connectivity index (χ0v) is 12.1. The van der Waals surface area contributed by atoms with Crippen molar-refractivity contribution >= 4 is 6.03 Å². The predicted molar refractivity (Wildman–Crippen MR) is 79.1 cm³/mol. The van der Waals surface area contributed by atoms with Crippen molar-refractivity contribution in [3.8, 4) is 0 Å². The van der Waals surface area contributed by atoms with Crippen LogP contribution >= 0.6 is 0 Å². The number of carbonyl (C=O) groups is 1. The first kappa shape index (κ1) is 15.5. The smallest absolute Gasteiger partial charge is 0.315 e. The number of nitrogens with one attached hydrogen (secondary N) is 2. The van der Waals surface area contributed by atoms with Crippen LogP contribution in [0.3, 0.4) is 0 Å². The van der Waals surface area contributed by atoms with Crippen LogP contribution < -0.4 is 10.6 Å². The first-order valence-electron chi connectivity index (χ1n) is 6.89. The van der Waals surface area contributed by atoms with Crippen LogP contribution in [-0.4, -0.2) is 37.1 Å². The molecule has 0 bridgehead atoms. The molecule has 0 heterocycles. The van der Waals surface area contributed by atoms with Crippen LogP contribution in [0.15, 0.2) is 30.3 Å². The van der Waals surface area contributed by atoms with E-state index in [0.717, 1.165) is 18.5 Å². The van der Waals surface area contributed by atoms with Gasteiger partial charge in [0.25, 0.3) is 0 Å². The number of rotatable bonds is 7. The minimum absolute atomic E-state index is 0.110. The third-order valence-electron chi connectivity index (χ3n) is 3.39. The van der Waals surface area contributed by atoms with Crippen molar-refractivity contribution in [3.05, 3.63) is 35.9 Å². The number of carbonyl (C=O) groups excluding carboxylic acids is 1. The highest BCUT2D eigenvalue weighted by molar-refractivity contribution is 5.73. The Morgan fingerprint density at radius 1 is 1.26 bits per heavy atom. The van der Waals surface area contributed by atoms with Crippen LogP contribution in [0.2, 0.25) is 0 Å². The SMILES string of the molecule is CCC(C)N(C)CCNC(=O)NCc1ccccc1. The fraction of sp³-hybridized carbons (Fsp3) is 0.533. The Morgan fingerprint density at radius 2 is 1.95 bits per heavy atom. The molecular weight excluding hydrogens is 238 g/mol. The van der Waals surface area contributed by atoms with E-state index < -0.39 is 0 Å². The lowest BCUT2D eigenvalue weighted by molar-refractivity contribution is 0.230. The fourth-order valence-electron chi connectivity index (χ4n) is 1.72. The van der Waals surface area contributed by atoms with E-state index in [1.54, 1.807) is 0 Å². The maximum atomic E-state index is 11.6. The molecule has 0 saturated carbocycles. The van der Waals surface area contributed by atoms with Gasteiger partial charge in [0, 0.05) is 25.7 Å². The molecule has 1 unspecified atom stereocenters. The van der Waals surface area contributed by atoms with Crippen LogP contribution in [-0.2, 0) is 6.54 Å². The number of amides is 2. The second-order valence-electron chi connectivity index (χ2n) is 4.83. The second-order valence-corrected chi connectivity index (χ2v) is 4.83. The molecule has 1 rings (SSSR count). The molecule has 2 amide bonds. The maximum Gasteiger partial charge on any atom is 0.315 e. The molecule has 1 atom stereocenters. The summed E-state index contributed by atoms with van der Waals surface area (Å²) in [4.78, 5) is 13.8. The summed E-state index contributed by atoms with van der Waals surface area (Å²) in [6.07, 6.45) is 1.12. The van der Waals surface area contributed by atoms with E-state index in [9.17, 15) is 4.79 Å². The molecule has 0 aliphatic carbocycles. The largest absolute Gasteiger partial charge is 0.337 e. The third kappa shape index (κ3) is 6.25. The molecule has 0 aromatic heterocycles. The monoisotopic (exact) mass is 263 g/mol. The summed E-state index contributed by atoms with van der Waals surface area (Å²) in [7, 11) is 2.08. The van der Waals surface area contributed by atoms with E-state index in [1.165, 1.54) is 0 Å². The van der Waals surface area contributed by atoms with E-state index in [1.807, 2.05) is 30.3 Å². The van der Waals surface area contributed by atoms with Crippen LogP contribution in [0.1, 0.15) is 25.8 Å². The van der Waals surface area contributed by atoms with Crippen LogP contribution in [0.25, 0.3) is 0 Å². The van der Waals surface area contributed by atoms with Gasteiger partial charge < -0.3 is 15.5 Å². The van der Waals surface area contributed by atoms with Gasteiger partial charge in [0.15, 0.2) is 0 Å². The van der Waals surface area contributed by atoms with Gasteiger partial charge in [-0.2, -0.15) is 0 Å². The van der Waals surface area contributed by atoms with Crippen molar-refractivity contribution in [1.29, 1.82) is 0 Å². The molecule has 0 aliphatic rings. The minimum atomic E-state index is -0.110. The number of hydrogen-bond acceptors (Lipinski definition) is 2. The third-order valence-corrected chi connectivity index (χ3v) is 3.39. The van der Waals surface area contributed by atoms with E-state index in [0.29, 0.717) is 19.1 Å². The van der Waals surface area contributed by atoms with Crippen molar-refractivity contribution in [2.45, 2.75) is 32.9 Å². The van der Waals surface area contributed by atoms with Crippen molar-refractivity contribution in [2.75, 3.05) is 20.1 Å². The highest BCUT2D eigenvalue weighted by atomic mass is 16.2. The van der Waals surface area contributed by atoms with Crippen LogP contribution in [0.5, 0.6) is 0 Å². The van der Waals surface area contributed by atoms with Gasteiger partial charge in [0.05, 0.1) is 0 Å². The Bertz CT molecular complexity index is 367. The van der Waals surface area contributed by atoms with Crippen molar-refractivity contribution in [2.24, 2.45) is 0 Å². The summed E-state index contributed by atoms with van der Waals surface area (Å²) < 4.78 is 0. The van der Waals surface area contributed by atoms with Gasteiger partial charge in [-0.1, -0.05) is 37.3 Å². The predicted octanol–water partition coefficient (Wildman–Crippen LogP) is 2.22. The van der Waals surface area contributed by atoms with Gasteiger partial charge in [0.2, 0.25) is 0 Å². The van der Waals surface area contributed by atoms with Gasteiger partial charge in [-0.15, -0.1) is 0 Å².